The highest BCUT2D eigenvalue weighted by Crippen LogP contribution is 2.38. The fourth-order valence-corrected chi connectivity index (χ4v) is 2.49. The highest BCUT2D eigenvalue weighted by atomic mass is 35.5. The fourth-order valence-electron chi connectivity index (χ4n) is 2.37. The Kier molecular flexibility index (Phi) is 5.18. The number of aliphatic imine (C=N–C) groups is 1. The molecule has 0 aliphatic carbocycles. The van der Waals surface area contributed by atoms with Gasteiger partial charge in [-0.3, -0.25) is 0 Å². The number of esters is 2. The summed E-state index contributed by atoms with van der Waals surface area (Å²) in [5, 5.41) is 0.491. The predicted molar refractivity (Wildman–Crippen MR) is 89.0 cm³/mol. The summed E-state index contributed by atoms with van der Waals surface area (Å²) in [4.78, 5) is 29.3. The van der Waals surface area contributed by atoms with Crippen molar-refractivity contribution in [2.45, 2.75) is 44.9 Å². The zero-order chi connectivity index (χ0) is 18.0. The third-order valence-corrected chi connectivity index (χ3v) is 3.57. The van der Waals surface area contributed by atoms with E-state index in [-0.39, 0.29) is 6.61 Å². The van der Waals surface area contributed by atoms with E-state index < -0.39 is 29.2 Å². The van der Waals surface area contributed by atoms with Gasteiger partial charge < -0.3 is 14.2 Å². The first-order valence-corrected chi connectivity index (χ1v) is 7.94. The molecule has 6 nitrogen and oxygen atoms in total. The van der Waals surface area contributed by atoms with E-state index in [1.807, 2.05) is 0 Å². The van der Waals surface area contributed by atoms with E-state index in [1.54, 1.807) is 52.0 Å². The molecule has 0 N–H and O–H groups in total. The highest BCUT2D eigenvalue weighted by molar-refractivity contribution is 6.30. The normalized spacial score (nSPS) is 22.8. The zero-order valence-electron chi connectivity index (χ0n) is 14.0. The zero-order valence-corrected chi connectivity index (χ0v) is 14.8. The Balaban J connectivity index is 2.47. The topological polar surface area (TPSA) is 74.2 Å². The summed E-state index contributed by atoms with van der Waals surface area (Å²) < 4.78 is 16.0. The largest absolute Gasteiger partial charge is 0.463 e. The molecule has 1 aromatic rings. The molecule has 0 radical (unpaired) electrons. The highest BCUT2D eigenvalue weighted by Gasteiger charge is 2.58. The van der Waals surface area contributed by atoms with Crippen LogP contribution in [0.2, 0.25) is 5.02 Å². The van der Waals surface area contributed by atoms with E-state index in [2.05, 4.69) is 4.99 Å². The molecule has 0 saturated heterocycles. The van der Waals surface area contributed by atoms with Gasteiger partial charge in [0, 0.05) is 10.6 Å². The average molecular weight is 354 g/mol. The van der Waals surface area contributed by atoms with Gasteiger partial charge in [-0.2, -0.15) is 0 Å². The molecular weight excluding hydrogens is 334 g/mol. The van der Waals surface area contributed by atoms with Crippen molar-refractivity contribution in [3.05, 3.63) is 34.9 Å². The molecule has 2 atom stereocenters. The van der Waals surface area contributed by atoms with Crippen LogP contribution in [0.5, 0.6) is 0 Å². The molecule has 0 spiro atoms. The van der Waals surface area contributed by atoms with Crippen molar-refractivity contribution in [1.82, 2.24) is 0 Å². The van der Waals surface area contributed by atoms with Gasteiger partial charge in [-0.05, 0) is 39.8 Å². The number of carbonyl (C=O) groups excluding carboxylic acids is 2. The number of ether oxygens (including phenoxy) is 3. The van der Waals surface area contributed by atoms with Crippen LogP contribution in [-0.2, 0) is 29.4 Å². The van der Waals surface area contributed by atoms with E-state index >= 15 is 0 Å². The molecule has 1 aromatic carbocycles. The van der Waals surface area contributed by atoms with Crippen molar-refractivity contribution in [1.29, 1.82) is 0 Å². The summed E-state index contributed by atoms with van der Waals surface area (Å²) >= 11 is 5.91. The SMILES string of the molecule is CCOC(=O)[C@@]1(c2ccc(Cl)cc2)OC=N[C@H]1C(=O)OC(C)(C)C. The molecule has 1 aliphatic heterocycles. The van der Waals surface area contributed by atoms with Crippen molar-refractivity contribution in [3.8, 4) is 0 Å². The first-order chi connectivity index (χ1) is 11.2. The minimum Gasteiger partial charge on any atom is -0.463 e. The van der Waals surface area contributed by atoms with E-state index in [9.17, 15) is 9.59 Å². The van der Waals surface area contributed by atoms with Gasteiger partial charge in [0.25, 0.3) is 5.60 Å². The van der Waals surface area contributed by atoms with Gasteiger partial charge in [-0.15, -0.1) is 0 Å². The second-order valence-electron chi connectivity index (χ2n) is 6.27. The molecular formula is C17H20ClNO5. The van der Waals surface area contributed by atoms with Gasteiger partial charge in [0.2, 0.25) is 6.04 Å². The summed E-state index contributed by atoms with van der Waals surface area (Å²) in [5.41, 5.74) is -2.03. The molecule has 0 bridgehead atoms. The molecule has 0 saturated carbocycles. The van der Waals surface area contributed by atoms with Crippen LogP contribution in [0.3, 0.4) is 0 Å². The lowest BCUT2D eigenvalue weighted by Gasteiger charge is -2.31. The van der Waals surface area contributed by atoms with Gasteiger partial charge >= 0.3 is 11.9 Å². The van der Waals surface area contributed by atoms with Crippen molar-refractivity contribution in [2.75, 3.05) is 6.61 Å². The lowest BCUT2D eigenvalue weighted by molar-refractivity contribution is -0.175. The summed E-state index contributed by atoms with van der Waals surface area (Å²) in [6.45, 7) is 7.01. The maximum absolute atomic E-state index is 12.7. The number of hydrogen-bond acceptors (Lipinski definition) is 6. The molecule has 7 heteroatoms. The molecule has 0 aromatic heterocycles. The van der Waals surface area contributed by atoms with Gasteiger partial charge in [0.15, 0.2) is 6.40 Å². The Morgan fingerprint density at radius 3 is 2.46 bits per heavy atom. The quantitative estimate of drug-likeness (QED) is 0.778. The van der Waals surface area contributed by atoms with Crippen molar-refractivity contribution in [3.63, 3.8) is 0 Å². The van der Waals surface area contributed by atoms with E-state index in [4.69, 9.17) is 25.8 Å². The number of hydrogen-bond donors (Lipinski definition) is 0. The predicted octanol–water partition coefficient (Wildman–Crippen LogP) is 2.87. The third kappa shape index (κ3) is 3.53. The third-order valence-electron chi connectivity index (χ3n) is 3.32. The first-order valence-electron chi connectivity index (χ1n) is 7.56. The van der Waals surface area contributed by atoms with Crippen LogP contribution in [0.25, 0.3) is 0 Å². The molecule has 2 rings (SSSR count). The van der Waals surface area contributed by atoms with E-state index in [0.717, 1.165) is 6.40 Å². The first kappa shape index (κ1) is 18.3. The molecule has 24 heavy (non-hydrogen) atoms. The van der Waals surface area contributed by atoms with Crippen LogP contribution in [0, 0.1) is 0 Å². The molecule has 0 fully saturated rings. The molecule has 0 unspecified atom stereocenters. The average Bonchev–Trinajstić information content (AvgIpc) is 2.92. The van der Waals surface area contributed by atoms with Gasteiger partial charge in [-0.1, -0.05) is 23.7 Å². The van der Waals surface area contributed by atoms with Crippen molar-refractivity contribution in [2.24, 2.45) is 4.99 Å². The lowest BCUT2D eigenvalue weighted by atomic mass is 9.86. The van der Waals surface area contributed by atoms with Gasteiger partial charge in [0.05, 0.1) is 6.61 Å². The van der Waals surface area contributed by atoms with Crippen LogP contribution in [0.1, 0.15) is 33.3 Å². The standard InChI is InChI=1S/C17H20ClNO5/c1-5-22-15(21)17(11-6-8-12(18)9-7-11)13(19-10-23-17)14(20)24-16(2,3)4/h6-10,13H,5H2,1-4H3/t13-,17-/m0/s1. The van der Waals surface area contributed by atoms with Crippen molar-refractivity contribution >= 4 is 29.9 Å². The van der Waals surface area contributed by atoms with Crippen LogP contribution < -0.4 is 0 Å². The summed E-state index contributed by atoms with van der Waals surface area (Å²) in [5.74, 6) is -1.38. The second kappa shape index (κ2) is 6.81. The summed E-state index contributed by atoms with van der Waals surface area (Å²) in [6, 6.07) is 5.21. The second-order valence-corrected chi connectivity index (χ2v) is 6.71. The lowest BCUT2D eigenvalue weighted by Crippen LogP contribution is -2.51. The summed E-state index contributed by atoms with van der Waals surface area (Å²) in [6.07, 6.45) is 1.08. The maximum Gasteiger partial charge on any atom is 0.358 e. The Morgan fingerprint density at radius 1 is 1.29 bits per heavy atom. The van der Waals surface area contributed by atoms with Crippen molar-refractivity contribution < 1.29 is 23.8 Å². The fraction of sp³-hybridized carbons (Fsp3) is 0.471. The van der Waals surface area contributed by atoms with Crippen LogP contribution in [-0.4, -0.2) is 36.6 Å². The number of benzene rings is 1. The smallest absolute Gasteiger partial charge is 0.358 e. The number of rotatable bonds is 4. The Hall–Kier alpha value is -2.08. The number of nitrogens with zero attached hydrogens (tertiary/aromatic N) is 1. The molecule has 1 aliphatic rings. The van der Waals surface area contributed by atoms with Crippen LogP contribution in [0.4, 0.5) is 0 Å². The van der Waals surface area contributed by atoms with Crippen LogP contribution in [0.15, 0.2) is 29.3 Å². The Labute approximate surface area is 145 Å². The Bertz CT molecular complexity index is 650. The van der Waals surface area contributed by atoms with Gasteiger partial charge in [0.1, 0.15) is 5.60 Å². The van der Waals surface area contributed by atoms with E-state index in [0.29, 0.717) is 10.6 Å². The number of carbonyl (C=O) groups is 2. The molecule has 0 amide bonds. The molecule has 130 valence electrons. The van der Waals surface area contributed by atoms with E-state index in [1.165, 1.54) is 0 Å². The Morgan fingerprint density at radius 2 is 1.92 bits per heavy atom. The van der Waals surface area contributed by atoms with Crippen LogP contribution >= 0.6 is 11.6 Å². The van der Waals surface area contributed by atoms with Gasteiger partial charge in [-0.25, -0.2) is 14.6 Å². The number of halogens is 1. The molecule has 1 heterocycles. The maximum atomic E-state index is 12.7. The minimum atomic E-state index is -1.72. The summed E-state index contributed by atoms with van der Waals surface area (Å²) in [7, 11) is 0. The minimum absolute atomic E-state index is 0.137. The monoisotopic (exact) mass is 353 g/mol.